The number of aldehydes is 1. The Bertz CT molecular complexity index is 6230. The van der Waals surface area contributed by atoms with E-state index in [9.17, 15) is 24.0 Å². The average Bonchev–Trinajstić information content (AvgIpc) is 1.74. The van der Waals surface area contributed by atoms with Crippen LogP contribution in [0.25, 0.3) is 49.2 Å². The van der Waals surface area contributed by atoms with Gasteiger partial charge in [-0.25, -0.2) is 0 Å². The van der Waals surface area contributed by atoms with Crippen LogP contribution in [0.5, 0.6) is 0 Å². The van der Waals surface area contributed by atoms with E-state index in [1.165, 1.54) is 80.2 Å². The molecule has 17 aromatic rings. The van der Waals surface area contributed by atoms with Crippen molar-refractivity contribution in [3.63, 3.8) is 0 Å². The maximum Gasteiger partial charge on any atom is 0.0463 e. The molecule has 0 radical (unpaired) electrons. The molecule has 0 aliphatic carbocycles. The number of fused-ring (bicyclic) bond motifs is 4. The van der Waals surface area contributed by atoms with Gasteiger partial charge in [0.25, 0.3) is 0 Å². The van der Waals surface area contributed by atoms with Crippen LogP contribution in [0.1, 0.15) is 20.1 Å². The van der Waals surface area contributed by atoms with Crippen molar-refractivity contribution in [2.24, 2.45) is 0 Å². The first kappa shape index (κ1) is 85.9. The fourth-order valence-electron chi connectivity index (χ4n) is 13.0. The van der Waals surface area contributed by atoms with E-state index in [0.717, 1.165) is 59.2 Å². The van der Waals surface area contributed by atoms with Gasteiger partial charge in [0.05, 0.1) is 0 Å². The molecule has 1 N–H and O–H groups in total. The van der Waals surface area contributed by atoms with Crippen LogP contribution in [-0.2, 0) is 19.2 Å². The fraction of sp³-hybridized carbons (Fsp3) is 0.0510. The maximum atomic E-state index is 12.8. The second-order valence-electron chi connectivity index (χ2n) is 26.6. The van der Waals surface area contributed by atoms with Gasteiger partial charge >= 0.3 is 585 Å². The molecule has 0 atom stereocenters. The van der Waals surface area contributed by atoms with Crippen molar-refractivity contribution >= 4 is 268 Å². The minimum atomic E-state index is -0.368. The van der Waals surface area contributed by atoms with E-state index in [-0.39, 0.29) is 74.9 Å². The molecule has 119 heavy (non-hydrogen) atoms. The number of halogens is 1. The van der Waals surface area contributed by atoms with Gasteiger partial charge in [-0.3, -0.25) is 19.4 Å². The topological polar surface area (TPSA) is 120 Å². The quantitative estimate of drug-likeness (QED) is 0.0226. The molecule has 2 aliphatic rings. The number of para-hydroxylation sites is 4. The van der Waals surface area contributed by atoms with Gasteiger partial charge in [0.1, 0.15) is 6.42 Å². The molecule has 4 amide bonds. The first-order chi connectivity index (χ1) is 58.1. The van der Waals surface area contributed by atoms with Crippen molar-refractivity contribution in [2.75, 3.05) is 48.2 Å². The molecule has 2 fully saturated rings. The van der Waals surface area contributed by atoms with Gasteiger partial charge in [0, 0.05) is 30.9 Å². The number of thiocarbonyl (C=S) groups is 2. The number of nitrogens with one attached hydrogen (secondary N) is 1. The number of carbonyl (C=O) groups excluding carboxylic acids is 5. The molecule has 590 valence electrons. The Labute approximate surface area is 747 Å². The van der Waals surface area contributed by atoms with Gasteiger partial charge in [0.15, 0.2) is 5.11 Å². The normalized spacial score (nSPS) is 12.3. The Hall–Kier alpha value is -10.9. The zero-order chi connectivity index (χ0) is 83.0. The Morgan fingerprint density at radius 1 is 0.353 bits per heavy atom. The molecular weight excluding hydrogens is 1950 g/mol. The first-order valence-electron chi connectivity index (χ1n) is 37.6. The van der Waals surface area contributed by atoms with Crippen molar-refractivity contribution in [1.82, 2.24) is 19.6 Å². The molecule has 2 aliphatic heterocycles. The van der Waals surface area contributed by atoms with Crippen LogP contribution in [0, 0.1) is 2.44 Å². The van der Waals surface area contributed by atoms with Gasteiger partial charge < -0.3 is 5.32 Å². The second kappa shape index (κ2) is 42.7. The Morgan fingerprint density at radius 3 is 1.12 bits per heavy atom. The van der Waals surface area contributed by atoms with E-state index in [0.29, 0.717) is 43.5 Å². The number of hydrogen-bond donors (Lipinski definition) is 1. The summed E-state index contributed by atoms with van der Waals surface area (Å²) >= 11 is 14.1. The molecule has 2 saturated heterocycles. The molecule has 19 rings (SSSR count). The minimum absolute atomic E-state index is 0.0224. The van der Waals surface area contributed by atoms with Gasteiger partial charge in [-0.05, 0) is 35.8 Å². The van der Waals surface area contributed by atoms with Gasteiger partial charge in [-0.15, -0.1) is 0 Å². The Balaban J connectivity index is 0.000000129. The summed E-state index contributed by atoms with van der Waals surface area (Å²) in [5.74, 6) is -1.21. The maximum absolute atomic E-state index is 12.8. The molecule has 13 nitrogen and oxygen atoms in total. The third kappa shape index (κ3) is 22.0. The number of nitrogens with zero attached hydrogens (tertiary/aromatic N) is 7. The third-order valence-corrected chi connectivity index (χ3v) is 30.4. The predicted octanol–water partition coefficient (Wildman–Crippen LogP) is 21.8. The monoisotopic (exact) mass is 2040 g/mol. The third-order valence-electron chi connectivity index (χ3n) is 18.9. The van der Waals surface area contributed by atoms with Crippen LogP contribution in [0.3, 0.4) is 0 Å². The molecule has 5 aromatic heterocycles. The fourth-order valence-corrected chi connectivity index (χ4v) is 21.7. The molecule has 0 bridgehead atoms. The number of benzene rings is 12. The molecule has 0 spiro atoms. The van der Waals surface area contributed by atoms with Crippen LogP contribution in [0.4, 0.5) is 59.2 Å². The Morgan fingerprint density at radius 2 is 0.723 bits per heavy atom. The number of rotatable bonds is 13. The summed E-state index contributed by atoms with van der Waals surface area (Å²) in [4.78, 5) is 79.6. The smallest absolute Gasteiger partial charge is 0.0463 e. The largest absolute Gasteiger partial charge is 0.355 e. The average molecular weight is 2030 g/mol. The molecule has 0 saturated carbocycles. The number of hydrogen-bond acceptors (Lipinski definition) is 11. The first-order valence-corrected chi connectivity index (χ1v) is 48.6. The zero-order valence-electron chi connectivity index (χ0n) is 65.1. The van der Waals surface area contributed by atoms with Crippen molar-refractivity contribution in [1.29, 1.82) is 0 Å². The summed E-state index contributed by atoms with van der Waals surface area (Å²) in [6.45, 7) is 0. The second-order valence-corrected chi connectivity index (χ2v) is 40.4. The van der Waals surface area contributed by atoms with Crippen molar-refractivity contribution in [3.8, 4) is 0 Å². The Kier molecular flexibility index (Phi) is 30.8. The molecule has 0 unspecified atom stereocenters. The summed E-state index contributed by atoms with van der Waals surface area (Å²) in [6, 6.07) is 122. The SMILES string of the molecule is CN1C(=O)C(=Cc2ccc(N(c3ccccc3)c3cccc4ccccc34)[se]2)C(=O)N(C)C1=S.CN1C(=O)CC(=O)N(C)C1=S.Ic1ccc[se]1.O=Cc1ccc(N(c2ccccc2)c2cccc3ccccc23)[se]1.c1cc[se]c1.c1ccc(N(c2ccc[se]2)c2cccc3ccccc23)cc1.c1ccc(Nc2cccc3ccccc23)cc1. The van der Waals surface area contributed by atoms with E-state index in [2.05, 4.69) is 341 Å². The van der Waals surface area contributed by atoms with Crippen molar-refractivity contribution in [3.05, 3.63) is 389 Å². The summed E-state index contributed by atoms with van der Waals surface area (Å²) in [5, 5.41) is 13.8. The number of carbonyl (C=O) groups is 5. The van der Waals surface area contributed by atoms with E-state index in [1.54, 1.807) is 34.3 Å². The van der Waals surface area contributed by atoms with Crippen LogP contribution in [0.15, 0.2) is 377 Å². The van der Waals surface area contributed by atoms with Crippen molar-refractivity contribution < 1.29 is 24.0 Å². The molecule has 7 heterocycles. The number of anilines is 11. The standard InChI is InChI=1S/C27H21N3O2SSe.C21H15NOSe.C20H15NSe.C16H13N.C6H8N2O2S.C4H3ISe.C4H4Se/c1-28-25(31)22(26(32)29(2)27(28)33)17-20-15-16-24(34-20)30(19-11-4-3-5-12-19)23-14-8-10-18-9-6-7-13-21(18)23;23-15-18-13-14-21(24-18)22(17-9-2-1-3-10-17)20-12-6-8-16-7-4-5-11-19(16)20;1-2-10-17(11-3-1)21(20-14-7-15-22-20)19-13-6-9-16-8-4-5-12-18(16)19;1-2-9-14(10-3-1)17-16-12-6-8-13-7-4-5-11-15(13)16;1-7-4(9)3-5(10)8(2)6(7)11;5-4-2-1-3-6-4;1-2-4-5-3-1/h3-17H,1-2H3;1-15H;1-15H;1-12,17H;3H2,1-2H3;1-3H;1-4H. The van der Waals surface area contributed by atoms with Gasteiger partial charge in [0.2, 0.25) is 11.8 Å². The molecule has 12 aromatic carbocycles. The summed E-state index contributed by atoms with van der Waals surface area (Å²) in [7, 11) is 6.31. The van der Waals surface area contributed by atoms with Crippen LogP contribution in [-0.4, -0.2) is 160 Å². The van der Waals surface area contributed by atoms with Gasteiger partial charge in [-0.1, -0.05) is 54.6 Å². The van der Waals surface area contributed by atoms with Crippen LogP contribution >= 0.6 is 47.0 Å². The van der Waals surface area contributed by atoms with Crippen molar-refractivity contribution in [2.45, 2.75) is 6.42 Å². The summed E-state index contributed by atoms with van der Waals surface area (Å²) in [6.07, 6.45) is 2.61. The van der Waals surface area contributed by atoms with Crippen LogP contribution in [0.2, 0.25) is 0 Å². The van der Waals surface area contributed by atoms with E-state index in [1.807, 2.05) is 72.8 Å². The van der Waals surface area contributed by atoms with E-state index < -0.39 is 0 Å². The zero-order valence-corrected chi connectivity index (χ0v) is 77.4. The summed E-state index contributed by atoms with van der Waals surface area (Å²) < 4.78 is 6.99. The van der Waals surface area contributed by atoms with Crippen LogP contribution < -0.4 is 20.0 Å². The molecule has 21 heteroatoms. The van der Waals surface area contributed by atoms with E-state index in [4.69, 9.17) is 24.4 Å². The van der Waals surface area contributed by atoms with E-state index >= 15 is 0 Å². The summed E-state index contributed by atoms with van der Waals surface area (Å²) in [5.41, 5.74) is 9.28. The minimum Gasteiger partial charge on any atom is -0.355 e. The molecular formula is C98H79IN8O5S2Se5. The number of amides is 4. The predicted molar refractivity (Wildman–Crippen MR) is 514 cm³/mol. The number of likely N-dealkylation sites (N-methyl/N-ethyl adjacent to an activating group) is 2. The van der Waals surface area contributed by atoms with Gasteiger partial charge in [-0.2, -0.15) is 0 Å².